The van der Waals surface area contributed by atoms with Gasteiger partial charge in [-0.25, -0.2) is 4.79 Å². The summed E-state index contributed by atoms with van der Waals surface area (Å²) in [5.41, 5.74) is -0.275. The molecule has 0 spiro atoms. The van der Waals surface area contributed by atoms with Gasteiger partial charge in [0, 0.05) is 18.7 Å². The highest BCUT2D eigenvalue weighted by molar-refractivity contribution is 8.00. The van der Waals surface area contributed by atoms with Crippen molar-refractivity contribution in [3.8, 4) is 0 Å². The van der Waals surface area contributed by atoms with Crippen molar-refractivity contribution in [1.82, 2.24) is 10.2 Å². The number of benzene rings is 1. The summed E-state index contributed by atoms with van der Waals surface area (Å²) in [6, 6.07) is 6.40. The van der Waals surface area contributed by atoms with E-state index in [1.54, 1.807) is 13.0 Å². The van der Waals surface area contributed by atoms with E-state index >= 15 is 0 Å². The maximum atomic E-state index is 14.4. The van der Waals surface area contributed by atoms with Gasteiger partial charge >= 0.3 is 17.9 Å². The fourth-order valence-electron chi connectivity index (χ4n) is 2.89. The number of unbranched alkanes of at least 4 members (excludes halogenated alkanes) is 1. The van der Waals surface area contributed by atoms with Gasteiger partial charge in [0.15, 0.2) is 0 Å². The van der Waals surface area contributed by atoms with Gasteiger partial charge in [-0.1, -0.05) is 42.5 Å². The number of aliphatic hydroxyl groups excluding tert-OH is 1. The van der Waals surface area contributed by atoms with Crippen molar-refractivity contribution in [3.05, 3.63) is 48.0 Å². The predicted molar refractivity (Wildman–Crippen MR) is 108 cm³/mol. The van der Waals surface area contributed by atoms with E-state index in [9.17, 15) is 23.5 Å². The summed E-state index contributed by atoms with van der Waals surface area (Å²) in [6.45, 7) is 2.33. The number of alkyl halides is 2. The molecule has 2 unspecified atom stereocenters. The van der Waals surface area contributed by atoms with Crippen LogP contribution in [-0.2, 0) is 10.7 Å². The summed E-state index contributed by atoms with van der Waals surface area (Å²) >= 11 is 1.33. The highest BCUT2D eigenvalue weighted by Gasteiger charge is 2.39. The first-order chi connectivity index (χ1) is 13.7. The highest BCUT2D eigenvalue weighted by Crippen LogP contribution is 2.32. The lowest BCUT2D eigenvalue weighted by Crippen LogP contribution is -2.35. The van der Waals surface area contributed by atoms with Crippen molar-refractivity contribution in [2.75, 3.05) is 18.8 Å². The number of carboxylic acid groups (broad SMARTS) is 1. The number of halogens is 2. The van der Waals surface area contributed by atoms with Crippen LogP contribution in [0.5, 0.6) is 0 Å². The molecule has 0 bridgehead atoms. The lowest BCUT2D eigenvalue weighted by atomic mass is 10.0. The number of aliphatic hydroxyl groups is 1. The minimum Gasteiger partial charge on any atom is -0.480 e. The predicted octanol–water partition coefficient (Wildman–Crippen LogP) is 3.08. The molecule has 6 nitrogen and oxygen atoms in total. The zero-order valence-corrected chi connectivity index (χ0v) is 16.9. The van der Waals surface area contributed by atoms with E-state index in [-0.39, 0.29) is 18.1 Å². The van der Waals surface area contributed by atoms with E-state index in [1.165, 1.54) is 47.0 Å². The number of carbonyl (C=O) groups excluding carboxylic acids is 1. The maximum absolute atomic E-state index is 14.4. The number of amides is 2. The summed E-state index contributed by atoms with van der Waals surface area (Å²) in [5.74, 6) is -3.63. The smallest absolute Gasteiger partial charge is 0.318 e. The average Bonchev–Trinajstić information content (AvgIpc) is 3.05. The molecular weight excluding hydrogens is 402 g/mol. The summed E-state index contributed by atoms with van der Waals surface area (Å²) < 4.78 is 28.7. The number of hydrogen-bond acceptors (Lipinski definition) is 4. The lowest BCUT2D eigenvalue weighted by Gasteiger charge is -2.23. The molecule has 1 aliphatic heterocycles. The standard InChI is InChI=1S/C20H26F2N2O4S/c1-14(18(26)27)29-12-6-5-11-24-16(13-23-19(24)28)9-10-17(25)20(21,22)15-7-3-2-4-8-15/h2-4,7-10,14,16-17,25H,5-6,11-13H2,1H3,(H,23,28)(H,26,27)/b10-9+/t14?,16-,17?/m0/s1. The van der Waals surface area contributed by atoms with Crippen molar-refractivity contribution < 1.29 is 28.6 Å². The fourth-order valence-corrected chi connectivity index (χ4v) is 3.76. The zero-order chi connectivity index (χ0) is 21.4. The number of rotatable bonds is 11. The van der Waals surface area contributed by atoms with Crippen molar-refractivity contribution in [2.45, 2.75) is 43.1 Å². The van der Waals surface area contributed by atoms with Crippen LogP contribution in [0, 0.1) is 0 Å². The summed E-state index contributed by atoms with van der Waals surface area (Å²) in [5, 5.41) is 21.0. The van der Waals surface area contributed by atoms with E-state index in [0.29, 0.717) is 18.7 Å². The number of urea groups is 1. The second-order valence-corrected chi connectivity index (χ2v) is 8.27. The number of carboxylic acids is 1. The van der Waals surface area contributed by atoms with Crippen LogP contribution in [0.4, 0.5) is 13.6 Å². The summed E-state index contributed by atoms with van der Waals surface area (Å²) in [7, 11) is 0. The molecule has 1 aliphatic rings. The SMILES string of the molecule is CC(SCCCCN1C(=O)NC[C@@H]1/C=C/C(O)C(F)(F)c1ccccc1)C(=O)O. The Morgan fingerprint density at radius 3 is 2.72 bits per heavy atom. The van der Waals surface area contributed by atoms with Gasteiger partial charge in [0.05, 0.1) is 11.3 Å². The van der Waals surface area contributed by atoms with E-state index < -0.39 is 29.3 Å². The summed E-state index contributed by atoms with van der Waals surface area (Å²) in [6.07, 6.45) is 1.86. The van der Waals surface area contributed by atoms with E-state index in [1.807, 2.05) is 0 Å². The van der Waals surface area contributed by atoms with Gasteiger partial charge in [-0.3, -0.25) is 4.79 Å². The van der Waals surface area contributed by atoms with Crippen LogP contribution in [-0.4, -0.2) is 63.4 Å². The molecule has 1 saturated heterocycles. The zero-order valence-electron chi connectivity index (χ0n) is 16.1. The maximum Gasteiger partial charge on any atom is 0.318 e. The fraction of sp³-hybridized carbons (Fsp3) is 0.500. The Bertz CT molecular complexity index is 718. The third-order valence-corrected chi connectivity index (χ3v) is 5.90. The molecule has 29 heavy (non-hydrogen) atoms. The minimum absolute atomic E-state index is 0.275. The second-order valence-electron chi connectivity index (χ2n) is 6.82. The number of nitrogens with zero attached hydrogens (tertiary/aromatic N) is 1. The van der Waals surface area contributed by atoms with E-state index in [4.69, 9.17) is 5.11 Å². The highest BCUT2D eigenvalue weighted by atomic mass is 32.2. The molecule has 0 aliphatic carbocycles. The van der Waals surface area contributed by atoms with Crippen molar-refractivity contribution in [1.29, 1.82) is 0 Å². The molecule has 3 N–H and O–H groups in total. The molecule has 3 atom stereocenters. The van der Waals surface area contributed by atoms with Gasteiger partial charge in [0.2, 0.25) is 0 Å². The molecule has 1 aromatic carbocycles. The van der Waals surface area contributed by atoms with Crippen molar-refractivity contribution >= 4 is 23.8 Å². The van der Waals surface area contributed by atoms with Crippen LogP contribution >= 0.6 is 11.8 Å². The van der Waals surface area contributed by atoms with Crippen LogP contribution < -0.4 is 5.32 Å². The Morgan fingerprint density at radius 1 is 1.38 bits per heavy atom. The van der Waals surface area contributed by atoms with Gasteiger partial charge in [-0.2, -0.15) is 8.78 Å². The third-order valence-electron chi connectivity index (χ3n) is 4.68. The van der Waals surface area contributed by atoms with E-state index in [2.05, 4.69) is 5.32 Å². The molecule has 2 rings (SSSR count). The number of aliphatic carboxylic acids is 1. The Hall–Kier alpha value is -2.13. The molecule has 0 saturated carbocycles. The Kier molecular flexibility index (Phi) is 8.45. The average molecular weight is 429 g/mol. The number of carbonyl (C=O) groups is 2. The molecule has 0 aromatic heterocycles. The molecule has 1 fully saturated rings. The monoisotopic (exact) mass is 428 g/mol. The molecule has 2 amide bonds. The van der Waals surface area contributed by atoms with Crippen molar-refractivity contribution in [3.63, 3.8) is 0 Å². The first-order valence-corrected chi connectivity index (χ1v) is 10.5. The minimum atomic E-state index is -3.43. The number of thioether (sulfide) groups is 1. The van der Waals surface area contributed by atoms with Gasteiger partial charge < -0.3 is 20.4 Å². The Balaban J connectivity index is 1.87. The molecule has 0 radical (unpaired) electrons. The van der Waals surface area contributed by atoms with E-state index in [0.717, 1.165) is 12.5 Å². The third kappa shape index (κ3) is 6.43. The topological polar surface area (TPSA) is 89.9 Å². The molecule has 1 aromatic rings. The normalized spacial score (nSPS) is 19.4. The Morgan fingerprint density at radius 2 is 2.07 bits per heavy atom. The molecule has 9 heteroatoms. The Labute approximate surface area is 173 Å². The number of hydrogen-bond donors (Lipinski definition) is 3. The quantitative estimate of drug-likeness (QED) is 0.372. The van der Waals surface area contributed by atoms with Gasteiger partial charge in [-0.05, 0) is 25.5 Å². The van der Waals surface area contributed by atoms with Gasteiger partial charge in [-0.15, -0.1) is 11.8 Å². The second kappa shape index (κ2) is 10.6. The van der Waals surface area contributed by atoms with Gasteiger partial charge in [0.1, 0.15) is 6.10 Å². The number of nitrogens with one attached hydrogen (secondary N) is 1. The molecule has 160 valence electrons. The van der Waals surface area contributed by atoms with Crippen LogP contribution in [0.1, 0.15) is 25.3 Å². The van der Waals surface area contributed by atoms with Crippen LogP contribution in [0.15, 0.2) is 42.5 Å². The first-order valence-electron chi connectivity index (χ1n) is 9.42. The molecular formula is C20H26F2N2O4S. The van der Waals surface area contributed by atoms with Crippen LogP contribution in [0.3, 0.4) is 0 Å². The first kappa shape index (κ1) is 23.2. The molecule has 1 heterocycles. The van der Waals surface area contributed by atoms with Crippen LogP contribution in [0.25, 0.3) is 0 Å². The summed E-state index contributed by atoms with van der Waals surface area (Å²) in [4.78, 5) is 24.3. The lowest BCUT2D eigenvalue weighted by molar-refractivity contribution is -0.136. The van der Waals surface area contributed by atoms with Crippen molar-refractivity contribution in [2.24, 2.45) is 0 Å². The van der Waals surface area contributed by atoms with Crippen LogP contribution in [0.2, 0.25) is 0 Å². The van der Waals surface area contributed by atoms with Gasteiger partial charge in [0.25, 0.3) is 0 Å². The largest absolute Gasteiger partial charge is 0.480 e.